The molecular weight excluding hydrogens is 355 g/mol. The summed E-state index contributed by atoms with van der Waals surface area (Å²) >= 11 is 6.32. The highest BCUT2D eigenvalue weighted by Crippen LogP contribution is 2.38. The first-order chi connectivity index (χ1) is 12.6. The van der Waals surface area contributed by atoms with Gasteiger partial charge in [-0.15, -0.1) is 0 Å². The molecule has 1 aliphatic rings. The van der Waals surface area contributed by atoms with Gasteiger partial charge in [0.15, 0.2) is 0 Å². The SMILES string of the molecule is CC[C@@H]1Cn2c(C(=O)NCc3ccc(F)cc3)cc3c(Cl)ccc(c32)O1. The molecule has 134 valence electrons. The van der Waals surface area contributed by atoms with Crippen molar-refractivity contribution in [1.82, 2.24) is 9.88 Å². The molecule has 2 heterocycles. The molecule has 1 aromatic heterocycles. The minimum Gasteiger partial charge on any atom is -0.486 e. The summed E-state index contributed by atoms with van der Waals surface area (Å²) in [6.07, 6.45) is 0.862. The largest absolute Gasteiger partial charge is 0.486 e. The molecule has 0 radical (unpaired) electrons. The molecule has 4 rings (SSSR count). The first-order valence-electron chi connectivity index (χ1n) is 8.58. The van der Waals surface area contributed by atoms with Crippen LogP contribution in [0.15, 0.2) is 42.5 Å². The minimum absolute atomic E-state index is 0.0166. The Morgan fingerprint density at radius 3 is 2.81 bits per heavy atom. The second-order valence-electron chi connectivity index (χ2n) is 6.41. The minimum atomic E-state index is -0.296. The van der Waals surface area contributed by atoms with E-state index in [4.69, 9.17) is 16.3 Å². The van der Waals surface area contributed by atoms with Crippen molar-refractivity contribution >= 4 is 28.4 Å². The highest BCUT2D eigenvalue weighted by molar-refractivity contribution is 6.36. The molecule has 2 aromatic carbocycles. The van der Waals surface area contributed by atoms with Crippen molar-refractivity contribution in [3.63, 3.8) is 0 Å². The fourth-order valence-corrected chi connectivity index (χ4v) is 3.50. The third-order valence-electron chi connectivity index (χ3n) is 4.70. The number of hydrogen-bond acceptors (Lipinski definition) is 2. The van der Waals surface area contributed by atoms with Crippen LogP contribution < -0.4 is 10.1 Å². The highest BCUT2D eigenvalue weighted by Gasteiger charge is 2.26. The molecule has 0 aliphatic carbocycles. The van der Waals surface area contributed by atoms with Gasteiger partial charge in [0.05, 0.1) is 17.1 Å². The zero-order valence-corrected chi connectivity index (χ0v) is 15.0. The Labute approximate surface area is 155 Å². The Morgan fingerprint density at radius 1 is 1.31 bits per heavy atom. The Balaban J connectivity index is 1.66. The molecule has 0 fully saturated rings. The van der Waals surface area contributed by atoms with E-state index in [0.29, 0.717) is 23.8 Å². The van der Waals surface area contributed by atoms with E-state index < -0.39 is 0 Å². The van der Waals surface area contributed by atoms with Gasteiger partial charge in [-0.1, -0.05) is 30.7 Å². The fraction of sp³-hybridized carbons (Fsp3) is 0.250. The van der Waals surface area contributed by atoms with E-state index >= 15 is 0 Å². The molecule has 0 spiro atoms. The van der Waals surface area contributed by atoms with E-state index in [9.17, 15) is 9.18 Å². The Hall–Kier alpha value is -2.53. The highest BCUT2D eigenvalue weighted by atomic mass is 35.5. The van der Waals surface area contributed by atoms with Crippen LogP contribution in [0.2, 0.25) is 5.02 Å². The Morgan fingerprint density at radius 2 is 2.08 bits per heavy atom. The zero-order valence-electron chi connectivity index (χ0n) is 14.3. The Kier molecular flexibility index (Phi) is 4.32. The van der Waals surface area contributed by atoms with Crippen LogP contribution in [-0.4, -0.2) is 16.6 Å². The molecule has 1 aliphatic heterocycles. The molecule has 0 saturated heterocycles. The summed E-state index contributed by atoms with van der Waals surface area (Å²) < 4.78 is 21.0. The van der Waals surface area contributed by atoms with E-state index in [2.05, 4.69) is 12.2 Å². The molecule has 0 bridgehead atoms. The van der Waals surface area contributed by atoms with Crippen LogP contribution in [0, 0.1) is 5.82 Å². The number of hydrogen-bond donors (Lipinski definition) is 1. The van der Waals surface area contributed by atoms with Crippen LogP contribution >= 0.6 is 11.6 Å². The quantitative estimate of drug-likeness (QED) is 0.731. The lowest BCUT2D eigenvalue weighted by molar-refractivity contribution is 0.0935. The van der Waals surface area contributed by atoms with E-state index in [0.717, 1.165) is 28.6 Å². The number of benzene rings is 2. The maximum atomic E-state index is 13.0. The summed E-state index contributed by atoms with van der Waals surface area (Å²) in [6.45, 7) is 2.99. The molecular formula is C20H18ClFN2O2. The monoisotopic (exact) mass is 372 g/mol. The van der Waals surface area contributed by atoms with Crippen LogP contribution in [0.3, 0.4) is 0 Å². The van der Waals surface area contributed by atoms with Crippen LogP contribution in [0.1, 0.15) is 29.4 Å². The standard InChI is InChI=1S/C20H18ClFN2O2/c1-2-14-11-24-17(9-15-16(21)7-8-18(26-14)19(15)24)20(25)23-10-12-3-5-13(22)6-4-12/h3-9,14H,2,10-11H2,1H3,(H,23,25)/t14-/m1/s1. The number of halogens is 2. The molecule has 0 unspecified atom stereocenters. The van der Waals surface area contributed by atoms with Gasteiger partial charge in [0.1, 0.15) is 23.4 Å². The van der Waals surface area contributed by atoms with Crippen LogP contribution in [-0.2, 0) is 13.1 Å². The molecule has 1 amide bonds. The van der Waals surface area contributed by atoms with E-state index in [1.807, 2.05) is 16.7 Å². The average Bonchev–Trinajstić information content (AvgIpc) is 3.05. The normalized spacial score (nSPS) is 15.7. The molecule has 6 heteroatoms. The van der Waals surface area contributed by atoms with Crippen molar-refractivity contribution in [3.8, 4) is 5.75 Å². The summed E-state index contributed by atoms with van der Waals surface area (Å²) in [7, 11) is 0. The van der Waals surface area contributed by atoms with Crippen LogP contribution in [0.25, 0.3) is 10.9 Å². The van der Waals surface area contributed by atoms with Crippen LogP contribution in [0.5, 0.6) is 5.75 Å². The number of carbonyl (C=O) groups excluding carboxylic acids is 1. The van der Waals surface area contributed by atoms with E-state index in [-0.39, 0.29) is 17.8 Å². The van der Waals surface area contributed by atoms with Crippen molar-refractivity contribution in [1.29, 1.82) is 0 Å². The number of amides is 1. The second-order valence-corrected chi connectivity index (χ2v) is 6.81. The van der Waals surface area contributed by atoms with Crippen molar-refractivity contribution in [2.24, 2.45) is 0 Å². The second kappa shape index (κ2) is 6.65. The van der Waals surface area contributed by atoms with Gasteiger partial charge in [-0.25, -0.2) is 4.39 Å². The lowest BCUT2D eigenvalue weighted by atomic mass is 10.2. The smallest absolute Gasteiger partial charge is 0.268 e. The van der Waals surface area contributed by atoms with Crippen molar-refractivity contribution in [2.75, 3.05) is 0 Å². The van der Waals surface area contributed by atoms with Gasteiger partial charge in [0, 0.05) is 11.9 Å². The lowest BCUT2D eigenvalue weighted by Gasteiger charge is -2.26. The fourth-order valence-electron chi connectivity index (χ4n) is 3.30. The van der Waals surface area contributed by atoms with Crippen molar-refractivity contribution in [2.45, 2.75) is 32.5 Å². The molecule has 3 aromatic rings. The maximum Gasteiger partial charge on any atom is 0.268 e. The first-order valence-corrected chi connectivity index (χ1v) is 8.95. The summed E-state index contributed by atoms with van der Waals surface area (Å²) in [5, 5.41) is 4.30. The summed E-state index contributed by atoms with van der Waals surface area (Å²) in [5.41, 5.74) is 2.25. The molecule has 1 N–H and O–H groups in total. The van der Waals surface area contributed by atoms with Gasteiger partial charge >= 0.3 is 0 Å². The van der Waals surface area contributed by atoms with Gasteiger partial charge in [-0.3, -0.25) is 4.79 Å². The number of rotatable bonds is 4. The van der Waals surface area contributed by atoms with Gasteiger partial charge in [-0.2, -0.15) is 0 Å². The van der Waals surface area contributed by atoms with E-state index in [1.165, 1.54) is 12.1 Å². The number of nitrogens with one attached hydrogen (secondary N) is 1. The number of aromatic nitrogens is 1. The van der Waals surface area contributed by atoms with Crippen molar-refractivity contribution in [3.05, 3.63) is 64.6 Å². The number of nitrogens with zero attached hydrogens (tertiary/aromatic N) is 1. The van der Waals surface area contributed by atoms with E-state index in [1.54, 1.807) is 18.2 Å². The average molecular weight is 373 g/mol. The number of ether oxygens (including phenoxy) is 1. The van der Waals surface area contributed by atoms with Gasteiger partial charge in [-0.05, 0) is 42.3 Å². The van der Waals surface area contributed by atoms with Gasteiger partial charge < -0.3 is 14.6 Å². The topological polar surface area (TPSA) is 43.3 Å². The summed E-state index contributed by atoms with van der Waals surface area (Å²) in [4.78, 5) is 12.8. The summed E-state index contributed by atoms with van der Waals surface area (Å²) in [6, 6.07) is 11.5. The third-order valence-corrected chi connectivity index (χ3v) is 5.03. The molecule has 4 nitrogen and oxygen atoms in total. The predicted octanol–water partition coefficient (Wildman–Crippen LogP) is 4.53. The number of carbonyl (C=O) groups is 1. The maximum absolute atomic E-state index is 13.0. The summed E-state index contributed by atoms with van der Waals surface area (Å²) in [5.74, 6) is 0.263. The Bertz CT molecular complexity index is 982. The first kappa shape index (κ1) is 16.9. The third kappa shape index (κ3) is 2.92. The zero-order chi connectivity index (χ0) is 18.3. The molecule has 26 heavy (non-hydrogen) atoms. The predicted molar refractivity (Wildman–Crippen MR) is 99.2 cm³/mol. The van der Waals surface area contributed by atoms with Gasteiger partial charge in [0.2, 0.25) is 0 Å². The molecule has 0 saturated carbocycles. The lowest BCUT2D eigenvalue weighted by Crippen LogP contribution is -2.31. The van der Waals surface area contributed by atoms with Crippen LogP contribution in [0.4, 0.5) is 4.39 Å². The van der Waals surface area contributed by atoms with Crippen molar-refractivity contribution < 1.29 is 13.9 Å². The molecule has 1 atom stereocenters. The van der Waals surface area contributed by atoms with Gasteiger partial charge in [0.25, 0.3) is 5.91 Å².